The molecule has 1 aromatic carbocycles. The molecule has 1 unspecified atom stereocenters. The van der Waals surface area contributed by atoms with Crippen LogP contribution in [0.5, 0.6) is 5.75 Å². The molecule has 0 aliphatic carbocycles. The molecule has 1 amide bonds. The predicted molar refractivity (Wildman–Crippen MR) is 58.7 cm³/mol. The van der Waals surface area contributed by atoms with Crippen molar-refractivity contribution in [3.8, 4) is 5.75 Å². The maximum absolute atomic E-state index is 13.5. The summed E-state index contributed by atoms with van der Waals surface area (Å²) in [6.45, 7) is 0. The van der Waals surface area contributed by atoms with Gasteiger partial charge in [-0.15, -0.1) is 0 Å². The highest BCUT2D eigenvalue weighted by Gasteiger charge is 2.17. The highest BCUT2D eigenvalue weighted by Crippen LogP contribution is 2.21. The minimum Gasteiger partial charge on any atom is -0.494 e. The van der Waals surface area contributed by atoms with Crippen molar-refractivity contribution in [1.82, 2.24) is 5.32 Å². The van der Waals surface area contributed by atoms with Crippen LogP contribution < -0.4 is 15.8 Å². The van der Waals surface area contributed by atoms with E-state index < -0.39 is 23.6 Å². The second-order valence-corrected chi connectivity index (χ2v) is 3.50. The van der Waals surface area contributed by atoms with Gasteiger partial charge in [0.15, 0.2) is 11.6 Å². The second-order valence-electron chi connectivity index (χ2n) is 3.50. The fourth-order valence-corrected chi connectivity index (χ4v) is 1.40. The number of carbonyl (C=O) groups is 1. The van der Waals surface area contributed by atoms with Gasteiger partial charge in [0, 0.05) is 13.1 Å². The number of likely N-dealkylation sites (N-methyl/N-ethyl adjacent to an activating group) is 1. The lowest BCUT2D eigenvalue weighted by molar-refractivity contribution is -0.121. The highest BCUT2D eigenvalue weighted by molar-refractivity contribution is 5.81. The van der Waals surface area contributed by atoms with Crippen LogP contribution in [0.15, 0.2) is 12.1 Å². The summed E-state index contributed by atoms with van der Waals surface area (Å²) in [5, 5.41) is 2.34. The fourth-order valence-electron chi connectivity index (χ4n) is 1.40. The third kappa shape index (κ3) is 3.13. The topological polar surface area (TPSA) is 64.4 Å². The molecule has 0 aliphatic rings. The Kier molecular flexibility index (Phi) is 4.39. The molecule has 0 aromatic heterocycles. The summed E-state index contributed by atoms with van der Waals surface area (Å²) in [5.74, 6) is -1.95. The number of ether oxygens (including phenoxy) is 1. The molecule has 0 aliphatic heterocycles. The van der Waals surface area contributed by atoms with Gasteiger partial charge in [-0.2, -0.15) is 0 Å². The Labute approximate surface area is 97.8 Å². The molecule has 0 spiro atoms. The van der Waals surface area contributed by atoms with Crippen LogP contribution in [0, 0.1) is 11.6 Å². The number of benzene rings is 1. The Bertz CT molecular complexity index is 424. The van der Waals surface area contributed by atoms with E-state index in [2.05, 4.69) is 10.1 Å². The van der Waals surface area contributed by atoms with Crippen LogP contribution >= 0.6 is 0 Å². The normalized spacial score (nSPS) is 12.1. The highest BCUT2D eigenvalue weighted by atomic mass is 19.1. The third-order valence-corrected chi connectivity index (χ3v) is 2.34. The molecule has 0 fully saturated rings. The molecule has 94 valence electrons. The van der Waals surface area contributed by atoms with Gasteiger partial charge in [-0.05, 0) is 18.1 Å². The summed E-state index contributed by atoms with van der Waals surface area (Å²) in [7, 11) is 2.67. The Morgan fingerprint density at radius 3 is 2.65 bits per heavy atom. The molecule has 17 heavy (non-hydrogen) atoms. The van der Waals surface area contributed by atoms with E-state index >= 15 is 0 Å². The van der Waals surface area contributed by atoms with Crippen molar-refractivity contribution in [3.63, 3.8) is 0 Å². The van der Waals surface area contributed by atoms with E-state index in [9.17, 15) is 13.6 Å². The SMILES string of the molecule is CNC(=O)C(N)Cc1cc(F)c(OC)cc1F. The first-order valence-corrected chi connectivity index (χ1v) is 4.98. The van der Waals surface area contributed by atoms with Gasteiger partial charge in [0.05, 0.1) is 13.2 Å². The number of amides is 1. The lowest BCUT2D eigenvalue weighted by atomic mass is 10.0. The molecule has 0 radical (unpaired) electrons. The lowest BCUT2D eigenvalue weighted by Crippen LogP contribution is -2.40. The van der Waals surface area contributed by atoms with Crippen LogP contribution in [0.2, 0.25) is 0 Å². The van der Waals surface area contributed by atoms with Crippen LogP contribution in [0.3, 0.4) is 0 Å². The summed E-state index contributed by atoms with van der Waals surface area (Å²) in [6.07, 6.45) is -0.0770. The largest absolute Gasteiger partial charge is 0.494 e. The van der Waals surface area contributed by atoms with Crippen molar-refractivity contribution < 1.29 is 18.3 Å². The number of halogens is 2. The smallest absolute Gasteiger partial charge is 0.237 e. The lowest BCUT2D eigenvalue weighted by Gasteiger charge is -2.11. The number of methoxy groups -OCH3 is 1. The second kappa shape index (κ2) is 5.58. The molecule has 1 rings (SSSR count). The first kappa shape index (κ1) is 13.4. The molecule has 0 heterocycles. The van der Waals surface area contributed by atoms with Crippen LogP contribution in [0.1, 0.15) is 5.56 Å². The fraction of sp³-hybridized carbons (Fsp3) is 0.364. The molecule has 0 saturated heterocycles. The quantitative estimate of drug-likeness (QED) is 0.814. The van der Waals surface area contributed by atoms with Crippen molar-refractivity contribution >= 4 is 5.91 Å². The third-order valence-electron chi connectivity index (χ3n) is 2.34. The van der Waals surface area contributed by atoms with Gasteiger partial charge < -0.3 is 15.8 Å². The Morgan fingerprint density at radius 2 is 2.12 bits per heavy atom. The summed E-state index contributed by atoms with van der Waals surface area (Å²) in [6, 6.07) is 1.00. The van der Waals surface area contributed by atoms with Gasteiger partial charge in [-0.3, -0.25) is 4.79 Å². The molecular formula is C11H14F2N2O2. The van der Waals surface area contributed by atoms with Gasteiger partial charge in [0.1, 0.15) is 5.82 Å². The zero-order valence-electron chi connectivity index (χ0n) is 9.59. The molecule has 4 nitrogen and oxygen atoms in total. The van der Waals surface area contributed by atoms with Gasteiger partial charge in [-0.1, -0.05) is 0 Å². The standard InChI is InChI=1S/C11H14F2N2O2/c1-15-11(16)9(14)4-6-3-8(13)10(17-2)5-7(6)12/h3,5,9H,4,14H2,1-2H3,(H,15,16). The number of carbonyl (C=O) groups excluding carboxylic acids is 1. The van der Waals surface area contributed by atoms with Crippen molar-refractivity contribution in [2.75, 3.05) is 14.2 Å². The zero-order chi connectivity index (χ0) is 13.0. The first-order chi connectivity index (χ1) is 7.99. The van der Waals surface area contributed by atoms with Gasteiger partial charge in [0.25, 0.3) is 0 Å². The van der Waals surface area contributed by atoms with E-state index in [1.807, 2.05) is 0 Å². The average Bonchev–Trinajstić information content (AvgIpc) is 2.32. The monoisotopic (exact) mass is 244 g/mol. The van der Waals surface area contributed by atoms with Crippen LogP contribution in [-0.4, -0.2) is 26.1 Å². The molecule has 1 atom stereocenters. The molecule has 0 saturated carbocycles. The van der Waals surface area contributed by atoms with Crippen molar-refractivity contribution in [2.24, 2.45) is 5.73 Å². The number of nitrogens with two attached hydrogens (primary N) is 1. The number of rotatable bonds is 4. The van der Waals surface area contributed by atoms with Crippen LogP contribution in [0.25, 0.3) is 0 Å². The molecule has 6 heteroatoms. The maximum atomic E-state index is 13.5. The Balaban J connectivity index is 2.92. The zero-order valence-corrected chi connectivity index (χ0v) is 9.59. The molecule has 0 bridgehead atoms. The summed E-state index contributed by atoms with van der Waals surface area (Å²) in [4.78, 5) is 11.2. The molecule has 3 N–H and O–H groups in total. The van der Waals surface area contributed by atoms with Crippen LogP contribution in [-0.2, 0) is 11.2 Å². The van der Waals surface area contributed by atoms with Crippen LogP contribution in [0.4, 0.5) is 8.78 Å². The van der Waals surface area contributed by atoms with E-state index in [1.54, 1.807) is 0 Å². The maximum Gasteiger partial charge on any atom is 0.237 e. The van der Waals surface area contributed by atoms with E-state index in [4.69, 9.17) is 5.73 Å². The van der Waals surface area contributed by atoms with Crippen molar-refractivity contribution in [2.45, 2.75) is 12.5 Å². The average molecular weight is 244 g/mol. The molecule has 1 aromatic rings. The number of hydrogen-bond donors (Lipinski definition) is 2. The Hall–Kier alpha value is -1.69. The van der Waals surface area contributed by atoms with Crippen molar-refractivity contribution in [3.05, 3.63) is 29.3 Å². The minimum atomic E-state index is -0.915. The van der Waals surface area contributed by atoms with Crippen molar-refractivity contribution in [1.29, 1.82) is 0 Å². The summed E-state index contributed by atoms with van der Waals surface area (Å²) < 4.78 is 31.5. The molecular weight excluding hydrogens is 230 g/mol. The van der Waals surface area contributed by atoms with E-state index in [0.717, 1.165) is 12.1 Å². The van der Waals surface area contributed by atoms with E-state index in [-0.39, 0.29) is 17.7 Å². The minimum absolute atomic E-state index is 0.0411. The van der Waals surface area contributed by atoms with Gasteiger partial charge >= 0.3 is 0 Å². The number of hydrogen-bond acceptors (Lipinski definition) is 3. The first-order valence-electron chi connectivity index (χ1n) is 4.98. The summed E-state index contributed by atoms with van der Waals surface area (Å²) in [5.41, 5.74) is 5.56. The van der Waals surface area contributed by atoms with E-state index in [0.29, 0.717) is 0 Å². The van der Waals surface area contributed by atoms with Gasteiger partial charge in [-0.25, -0.2) is 8.78 Å². The number of nitrogens with one attached hydrogen (secondary N) is 1. The predicted octanol–water partition coefficient (Wildman–Crippen LogP) is 0.589. The Morgan fingerprint density at radius 1 is 1.47 bits per heavy atom. The van der Waals surface area contributed by atoms with Gasteiger partial charge in [0.2, 0.25) is 5.91 Å². The summed E-state index contributed by atoms with van der Waals surface area (Å²) >= 11 is 0. The van der Waals surface area contributed by atoms with E-state index in [1.165, 1.54) is 14.2 Å².